The van der Waals surface area contributed by atoms with E-state index in [2.05, 4.69) is 4.98 Å². The molecule has 0 atom stereocenters. The van der Waals surface area contributed by atoms with Crippen molar-refractivity contribution in [2.45, 2.75) is 19.3 Å². The third-order valence-electron chi connectivity index (χ3n) is 2.76. The lowest BCUT2D eigenvalue weighted by molar-refractivity contribution is -0.132. The molecule has 0 spiro atoms. The number of Topliss-reactive ketones (excluding diaryl/α,β-unsaturated/α-hetero) is 1. The summed E-state index contributed by atoms with van der Waals surface area (Å²) in [6.07, 6.45) is 5.69. The van der Waals surface area contributed by atoms with E-state index < -0.39 is 0 Å². The van der Waals surface area contributed by atoms with Crippen molar-refractivity contribution in [2.75, 3.05) is 13.1 Å². The standard InChI is InChI=1S/C12H14N2O2/c15-11(10-4-6-13-7-5-10)9-14-8-2-1-3-12(14)16/h4-7H,1-3,8-9H2. The molecule has 1 saturated heterocycles. The largest absolute Gasteiger partial charge is 0.335 e. The molecule has 84 valence electrons. The molecule has 4 heteroatoms. The van der Waals surface area contributed by atoms with Gasteiger partial charge in [0, 0.05) is 30.9 Å². The van der Waals surface area contributed by atoms with Gasteiger partial charge in [0.1, 0.15) is 0 Å². The number of piperidine rings is 1. The molecule has 0 aromatic carbocycles. The highest BCUT2D eigenvalue weighted by atomic mass is 16.2. The summed E-state index contributed by atoms with van der Waals surface area (Å²) in [5, 5.41) is 0. The number of rotatable bonds is 3. The minimum absolute atomic E-state index is 0.0161. The molecule has 0 saturated carbocycles. The van der Waals surface area contributed by atoms with Gasteiger partial charge in [-0.2, -0.15) is 0 Å². The van der Waals surface area contributed by atoms with Crippen LogP contribution >= 0.6 is 0 Å². The van der Waals surface area contributed by atoms with Crippen LogP contribution in [0, 0.1) is 0 Å². The van der Waals surface area contributed by atoms with E-state index in [9.17, 15) is 9.59 Å². The van der Waals surface area contributed by atoms with E-state index in [1.165, 1.54) is 0 Å². The van der Waals surface area contributed by atoms with E-state index in [1.807, 2.05) is 0 Å². The van der Waals surface area contributed by atoms with Gasteiger partial charge < -0.3 is 4.90 Å². The predicted molar refractivity (Wildman–Crippen MR) is 59.0 cm³/mol. The van der Waals surface area contributed by atoms with E-state index in [0.717, 1.165) is 12.8 Å². The molecule has 1 fully saturated rings. The Morgan fingerprint density at radius 1 is 1.31 bits per heavy atom. The molecule has 0 aliphatic carbocycles. The van der Waals surface area contributed by atoms with Crippen LogP contribution in [-0.4, -0.2) is 34.7 Å². The molecule has 1 aromatic heterocycles. The van der Waals surface area contributed by atoms with Crippen LogP contribution in [0.15, 0.2) is 24.5 Å². The predicted octanol–water partition coefficient (Wildman–Crippen LogP) is 1.28. The smallest absolute Gasteiger partial charge is 0.222 e. The fourth-order valence-electron chi connectivity index (χ4n) is 1.83. The molecule has 0 unspecified atom stereocenters. The van der Waals surface area contributed by atoms with Gasteiger partial charge in [0.25, 0.3) is 0 Å². The van der Waals surface area contributed by atoms with Crippen molar-refractivity contribution in [1.82, 2.24) is 9.88 Å². The van der Waals surface area contributed by atoms with Crippen LogP contribution in [0.25, 0.3) is 0 Å². The molecule has 0 radical (unpaired) electrons. The average Bonchev–Trinajstić information content (AvgIpc) is 2.33. The number of likely N-dealkylation sites (tertiary alicyclic amines) is 1. The highest BCUT2D eigenvalue weighted by Gasteiger charge is 2.20. The van der Waals surface area contributed by atoms with Gasteiger partial charge in [-0.3, -0.25) is 14.6 Å². The second-order valence-corrected chi connectivity index (χ2v) is 3.93. The summed E-state index contributed by atoms with van der Waals surface area (Å²) in [4.78, 5) is 28.9. The van der Waals surface area contributed by atoms with Crippen molar-refractivity contribution in [3.63, 3.8) is 0 Å². The zero-order valence-electron chi connectivity index (χ0n) is 9.06. The second-order valence-electron chi connectivity index (χ2n) is 3.93. The molecule has 1 aromatic rings. The monoisotopic (exact) mass is 218 g/mol. The van der Waals surface area contributed by atoms with Crippen LogP contribution in [0.4, 0.5) is 0 Å². The third kappa shape index (κ3) is 2.45. The number of nitrogens with zero attached hydrogens (tertiary/aromatic N) is 2. The summed E-state index contributed by atoms with van der Waals surface area (Å²) < 4.78 is 0. The first-order valence-corrected chi connectivity index (χ1v) is 5.48. The summed E-state index contributed by atoms with van der Waals surface area (Å²) in [7, 11) is 0. The lowest BCUT2D eigenvalue weighted by Gasteiger charge is -2.25. The number of hydrogen-bond donors (Lipinski definition) is 0. The Hall–Kier alpha value is -1.71. The molecule has 4 nitrogen and oxygen atoms in total. The Morgan fingerprint density at radius 3 is 2.75 bits per heavy atom. The number of hydrogen-bond acceptors (Lipinski definition) is 3. The highest BCUT2D eigenvalue weighted by molar-refractivity contribution is 5.99. The normalized spacial score (nSPS) is 16.2. The van der Waals surface area contributed by atoms with Gasteiger partial charge in [-0.25, -0.2) is 0 Å². The number of aromatic nitrogens is 1. The van der Waals surface area contributed by atoms with Gasteiger partial charge in [0.2, 0.25) is 5.91 Å². The lowest BCUT2D eigenvalue weighted by Crippen LogP contribution is -2.39. The van der Waals surface area contributed by atoms with E-state index in [1.54, 1.807) is 29.4 Å². The Bertz CT molecular complexity index is 389. The summed E-state index contributed by atoms with van der Waals surface area (Å²) in [6.45, 7) is 0.901. The topological polar surface area (TPSA) is 50.3 Å². The molecule has 2 heterocycles. The van der Waals surface area contributed by atoms with E-state index in [4.69, 9.17) is 0 Å². The fraction of sp³-hybridized carbons (Fsp3) is 0.417. The van der Waals surface area contributed by atoms with Crippen molar-refractivity contribution in [2.24, 2.45) is 0 Å². The molecule has 0 N–H and O–H groups in total. The Morgan fingerprint density at radius 2 is 2.06 bits per heavy atom. The van der Waals surface area contributed by atoms with Crippen LogP contribution in [0.5, 0.6) is 0 Å². The van der Waals surface area contributed by atoms with Gasteiger partial charge in [-0.15, -0.1) is 0 Å². The minimum atomic E-state index is -0.0161. The zero-order valence-corrected chi connectivity index (χ0v) is 9.06. The Labute approximate surface area is 94.3 Å². The van der Waals surface area contributed by atoms with Crippen molar-refractivity contribution >= 4 is 11.7 Å². The Kier molecular flexibility index (Phi) is 3.29. The van der Waals surface area contributed by atoms with Crippen molar-refractivity contribution in [3.05, 3.63) is 30.1 Å². The van der Waals surface area contributed by atoms with Gasteiger partial charge in [-0.05, 0) is 25.0 Å². The van der Waals surface area contributed by atoms with Gasteiger partial charge >= 0.3 is 0 Å². The molecular formula is C12H14N2O2. The maximum atomic E-state index is 11.8. The van der Waals surface area contributed by atoms with Crippen LogP contribution in [0.2, 0.25) is 0 Å². The highest BCUT2D eigenvalue weighted by Crippen LogP contribution is 2.11. The summed E-state index contributed by atoms with van der Waals surface area (Å²) >= 11 is 0. The van der Waals surface area contributed by atoms with Gasteiger partial charge in [0.05, 0.1) is 6.54 Å². The first kappa shape index (κ1) is 10.8. The van der Waals surface area contributed by atoms with E-state index >= 15 is 0 Å². The second kappa shape index (κ2) is 4.88. The fourth-order valence-corrected chi connectivity index (χ4v) is 1.83. The molecule has 0 bridgehead atoms. The van der Waals surface area contributed by atoms with E-state index in [0.29, 0.717) is 18.5 Å². The summed E-state index contributed by atoms with van der Waals surface area (Å²) in [6, 6.07) is 3.35. The van der Waals surface area contributed by atoms with E-state index in [-0.39, 0.29) is 18.2 Å². The molecule has 1 amide bonds. The van der Waals surface area contributed by atoms with Crippen LogP contribution in [-0.2, 0) is 4.79 Å². The van der Waals surface area contributed by atoms with Crippen LogP contribution in [0.3, 0.4) is 0 Å². The quantitative estimate of drug-likeness (QED) is 0.718. The molecule has 2 rings (SSSR count). The first-order valence-electron chi connectivity index (χ1n) is 5.48. The van der Waals surface area contributed by atoms with Crippen LogP contribution < -0.4 is 0 Å². The zero-order chi connectivity index (χ0) is 11.4. The summed E-state index contributed by atoms with van der Waals surface area (Å²) in [5.74, 6) is 0.0753. The van der Waals surface area contributed by atoms with Crippen molar-refractivity contribution < 1.29 is 9.59 Å². The number of carbonyl (C=O) groups is 2. The first-order chi connectivity index (χ1) is 7.77. The average molecular weight is 218 g/mol. The van der Waals surface area contributed by atoms with Crippen molar-refractivity contribution in [3.8, 4) is 0 Å². The maximum absolute atomic E-state index is 11.8. The number of carbonyl (C=O) groups excluding carboxylic acids is 2. The molecular weight excluding hydrogens is 204 g/mol. The third-order valence-corrected chi connectivity index (χ3v) is 2.76. The van der Waals surface area contributed by atoms with Gasteiger partial charge in [-0.1, -0.05) is 0 Å². The summed E-state index contributed by atoms with van der Waals surface area (Å²) in [5.41, 5.74) is 0.619. The SMILES string of the molecule is O=C(CN1CCCCC1=O)c1ccncc1. The minimum Gasteiger partial charge on any atom is -0.335 e. The number of ketones is 1. The molecule has 16 heavy (non-hydrogen) atoms. The lowest BCUT2D eigenvalue weighted by atomic mass is 10.1. The number of pyridine rings is 1. The number of amides is 1. The van der Waals surface area contributed by atoms with Crippen LogP contribution in [0.1, 0.15) is 29.6 Å². The van der Waals surface area contributed by atoms with Gasteiger partial charge in [0.15, 0.2) is 5.78 Å². The van der Waals surface area contributed by atoms with Crippen molar-refractivity contribution in [1.29, 1.82) is 0 Å². The molecule has 1 aliphatic rings. The Balaban J connectivity index is 1.99. The maximum Gasteiger partial charge on any atom is 0.222 e. The molecule has 1 aliphatic heterocycles.